The number of hydrogen-bond donors (Lipinski definition) is 1. The third kappa shape index (κ3) is 4.69. The number of para-hydroxylation sites is 1. The number of nitrogens with zero attached hydrogens (tertiary/aromatic N) is 2. The maximum absolute atomic E-state index is 14.7. The lowest BCUT2D eigenvalue weighted by molar-refractivity contribution is 0.0383. The van der Waals surface area contributed by atoms with E-state index in [1.807, 2.05) is 37.3 Å². The van der Waals surface area contributed by atoms with Gasteiger partial charge in [0, 0.05) is 31.9 Å². The van der Waals surface area contributed by atoms with Gasteiger partial charge in [0.25, 0.3) is 5.91 Å². The number of benzene rings is 2. The van der Waals surface area contributed by atoms with Crippen molar-refractivity contribution < 1.29 is 18.7 Å². The number of rotatable bonds is 7. The van der Waals surface area contributed by atoms with Crippen LogP contribution in [0.2, 0.25) is 0 Å². The van der Waals surface area contributed by atoms with Gasteiger partial charge in [0.15, 0.2) is 0 Å². The van der Waals surface area contributed by atoms with Gasteiger partial charge >= 0.3 is 0 Å². The fourth-order valence-electron chi connectivity index (χ4n) is 4.00. The first kappa shape index (κ1) is 22.0. The Morgan fingerprint density at radius 1 is 1.12 bits per heavy atom. The molecule has 0 radical (unpaired) electrons. The van der Waals surface area contributed by atoms with Crippen LogP contribution in [-0.2, 0) is 4.74 Å². The quantitative estimate of drug-likeness (QED) is 0.613. The van der Waals surface area contributed by atoms with E-state index in [2.05, 4.69) is 10.2 Å². The first-order chi connectivity index (χ1) is 15.6. The SMILES string of the molecule is COc1ccc(-c2cc(C(=O)NCCN3CCOCC3)c(C)n2-c2ccccc2F)cc1. The maximum Gasteiger partial charge on any atom is 0.253 e. The average Bonchev–Trinajstić information content (AvgIpc) is 3.17. The van der Waals surface area contributed by atoms with E-state index in [1.54, 1.807) is 29.9 Å². The minimum absolute atomic E-state index is 0.166. The topological polar surface area (TPSA) is 55.7 Å². The molecule has 0 atom stereocenters. The zero-order chi connectivity index (χ0) is 22.5. The molecule has 2 aromatic carbocycles. The van der Waals surface area contributed by atoms with Crippen LogP contribution < -0.4 is 10.1 Å². The van der Waals surface area contributed by atoms with Crippen LogP contribution in [0, 0.1) is 12.7 Å². The summed E-state index contributed by atoms with van der Waals surface area (Å²) in [5.41, 5.74) is 3.23. The molecule has 0 spiro atoms. The number of morpholine rings is 1. The molecule has 1 aliphatic heterocycles. The van der Waals surface area contributed by atoms with E-state index in [4.69, 9.17) is 9.47 Å². The molecular weight excluding hydrogens is 409 g/mol. The predicted octanol–water partition coefficient (Wildman–Crippen LogP) is 3.66. The lowest BCUT2D eigenvalue weighted by Gasteiger charge is -2.26. The van der Waals surface area contributed by atoms with Crippen LogP contribution in [0.25, 0.3) is 16.9 Å². The maximum atomic E-state index is 14.7. The number of carbonyl (C=O) groups excluding carboxylic acids is 1. The second-order valence-electron chi connectivity index (χ2n) is 7.75. The zero-order valence-corrected chi connectivity index (χ0v) is 18.4. The van der Waals surface area contributed by atoms with E-state index >= 15 is 0 Å². The normalized spacial score (nSPS) is 14.3. The lowest BCUT2D eigenvalue weighted by atomic mass is 10.1. The Hall–Kier alpha value is -3.16. The van der Waals surface area contributed by atoms with E-state index < -0.39 is 0 Å². The van der Waals surface area contributed by atoms with Crippen molar-refractivity contribution in [3.63, 3.8) is 0 Å². The van der Waals surface area contributed by atoms with Crippen LogP contribution in [0.15, 0.2) is 54.6 Å². The summed E-state index contributed by atoms with van der Waals surface area (Å²) in [6.45, 7) is 6.36. The highest BCUT2D eigenvalue weighted by Gasteiger charge is 2.21. The van der Waals surface area contributed by atoms with E-state index in [1.165, 1.54) is 6.07 Å². The Balaban J connectivity index is 1.64. The fourth-order valence-corrected chi connectivity index (χ4v) is 4.00. The first-order valence-electron chi connectivity index (χ1n) is 10.8. The van der Waals surface area contributed by atoms with Gasteiger partial charge in [-0.2, -0.15) is 0 Å². The van der Waals surface area contributed by atoms with Gasteiger partial charge in [-0.3, -0.25) is 9.69 Å². The van der Waals surface area contributed by atoms with Gasteiger partial charge in [0.05, 0.1) is 37.3 Å². The zero-order valence-electron chi connectivity index (χ0n) is 18.4. The second-order valence-corrected chi connectivity index (χ2v) is 7.75. The summed E-state index contributed by atoms with van der Waals surface area (Å²) < 4.78 is 27.2. The molecule has 6 nitrogen and oxygen atoms in total. The van der Waals surface area contributed by atoms with Crippen molar-refractivity contribution in [2.45, 2.75) is 6.92 Å². The van der Waals surface area contributed by atoms with E-state index in [-0.39, 0.29) is 11.7 Å². The minimum atomic E-state index is -0.347. The van der Waals surface area contributed by atoms with Gasteiger partial charge in [-0.25, -0.2) is 4.39 Å². The van der Waals surface area contributed by atoms with E-state index in [9.17, 15) is 9.18 Å². The van der Waals surface area contributed by atoms with Crippen LogP contribution >= 0.6 is 0 Å². The molecule has 1 aromatic heterocycles. The van der Waals surface area contributed by atoms with Crippen molar-refractivity contribution in [2.75, 3.05) is 46.5 Å². The van der Waals surface area contributed by atoms with Crippen molar-refractivity contribution in [3.05, 3.63) is 71.7 Å². The van der Waals surface area contributed by atoms with Gasteiger partial charge in [0.2, 0.25) is 0 Å². The minimum Gasteiger partial charge on any atom is -0.497 e. The number of carbonyl (C=O) groups is 1. The summed E-state index contributed by atoms with van der Waals surface area (Å²) >= 11 is 0. The molecule has 0 aliphatic carbocycles. The molecule has 4 rings (SSSR count). The summed E-state index contributed by atoms with van der Waals surface area (Å²) in [5, 5.41) is 3.01. The Morgan fingerprint density at radius 3 is 2.53 bits per heavy atom. The third-order valence-corrected chi connectivity index (χ3v) is 5.79. The van der Waals surface area contributed by atoms with Crippen LogP contribution in [0.3, 0.4) is 0 Å². The van der Waals surface area contributed by atoms with Gasteiger partial charge < -0.3 is 19.4 Å². The summed E-state index contributed by atoms with van der Waals surface area (Å²) in [6, 6.07) is 15.9. The Morgan fingerprint density at radius 2 is 1.84 bits per heavy atom. The van der Waals surface area contributed by atoms with Gasteiger partial charge in [-0.05, 0) is 55.0 Å². The highest BCUT2D eigenvalue weighted by Crippen LogP contribution is 2.31. The summed E-state index contributed by atoms with van der Waals surface area (Å²) in [6.07, 6.45) is 0. The van der Waals surface area contributed by atoms with E-state index in [0.717, 1.165) is 49.9 Å². The molecule has 1 saturated heterocycles. The molecule has 1 amide bonds. The molecule has 0 saturated carbocycles. The number of amides is 1. The Labute approximate surface area is 187 Å². The average molecular weight is 438 g/mol. The molecule has 7 heteroatoms. The van der Waals surface area contributed by atoms with Crippen LogP contribution in [0.4, 0.5) is 4.39 Å². The second kappa shape index (κ2) is 9.97. The standard InChI is InChI=1S/C25H28FN3O3/c1-18-21(25(30)27-11-12-28-13-15-32-16-14-28)17-24(19-7-9-20(31-2)10-8-19)29(18)23-6-4-3-5-22(23)26/h3-10,17H,11-16H2,1-2H3,(H,27,30). The highest BCUT2D eigenvalue weighted by molar-refractivity contribution is 5.97. The predicted molar refractivity (Wildman–Crippen MR) is 122 cm³/mol. The van der Waals surface area contributed by atoms with Crippen LogP contribution in [-0.4, -0.2) is 61.9 Å². The van der Waals surface area contributed by atoms with E-state index in [0.29, 0.717) is 23.5 Å². The number of ether oxygens (including phenoxy) is 2. The van der Waals surface area contributed by atoms with Gasteiger partial charge in [0.1, 0.15) is 11.6 Å². The van der Waals surface area contributed by atoms with Crippen molar-refractivity contribution in [1.82, 2.24) is 14.8 Å². The van der Waals surface area contributed by atoms with Crippen LogP contribution in [0.1, 0.15) is 16.1 Å². The number of halogens is 1. The van der Waals surface area contributed by atoms with Crippen LogP contribution in [0.5, 0.6) is 5.75 Å². The molecule has 1 aliphatic rings. The smallest absolute Gasteiger partial charge is 0.253 e. The van der Waals surface area contributed by atoms with Crippen molar-refractivity contribution in [2.24, 2.45) is 0 Å². The third-order valence-electron chi connectivity index (χ3n) is 5.79. The molecule has 1 fully saturated rings. The monoisotopic (exact) mass is 437 g/mol. The lowest BCUT2D eigenvalue weighted by Crippen LogP contribution is -2.41. The molecule has 0 unspecified atom stereocenters. The summed E-state index contributed by atoms with van der Waals surface area (Å²) in [5.74, 6) is 0.219. The Bertz CT molecular complexity index is 1070. The van der Waals surface area contributed by atoms with Gasteiger partial charge in [-0.1, -0.05) is 12.1 Å². The van der Waals surface area contributed by atoms with Crippen molar-refractivity contribution in [1.29, 1.82) is 0 Å². The number of hydrogen-bond acceptors (Lipinski definition) is 4. The number of aromatic nitrogens is 1. The number of methoxy groups -OCH3 is 1. The van der Waals surface area contributed by atoms with Crippen molar-refractivity contribution in [3.8, 4) is 22.7 Å². The van der Waals surface area contributed by atoms with Gasteiger partial charge in [-0.15, -0.1) is 0 Å². The molecule has 0 bridgehead atoms. The Kier molecular flexibility index (Phi) is 6.87. The molecule has 168 valence electrons. The summed E-state index contributed by atoms with van der Waals surface area (Å²) in [7, 11) is 1.61. The fraction of sp³-hybridized carbons (Fsp3) is 0.320. The molecular formula is C25H28FN3O3. The molecule has 2 heterocycles. The largest absolute Gasteiger partial charge is 0.497 e. The highest BCUT2D eigenvalue weighted by atomic mass is 19.1. The van der Waals surface area contributed by atoms with Crippen molar-refractivity contribution >= 4 is 5.91 Å². The molecule has 32 heavy (non-hydrogen) atoms. The summed E-state index contributed by atoms with van der Waals surface area (Å²) in [4.78, 5) is 15.3. The molecule has 1 N–H and O–H groups in total. The first-order valence-corrected chi connectivity index (χ1v) is 10.8. The number of nitrogens with one attached hydrogen (secondary N) is 1. The molecule has 3 aromatic rings.